The molecule has 1 rings (SSSR count). The molecule has 0 bridgehead atoms. The molecule has 0 aliphatic carbocycles. The largest absolute Gasteiger partial charge is 0.508 e. The lowest BCUT2D eigenvalue weighted by molar-refractivity contribution is 0.442. The third kappa shape index (κ3) is 1.52. The summed E-state index contributed by atoms with van der Waals surface area (Å²) in [6.07, 6.45) is 0. The topological polar surface area (TPSA) is 40.5 Å². The standard InChI is InChI=1S/C10H13O2/c1-6(2)8-4-7(3)9(11)5-10(8)12/h4-6,11-12H,3H2,1-2H3. The smallest absolute Gasteiger partial charge is 0.122 e. The van der Waals surface area contributed by atoms with Crippen LogP contribution in [-0.2, 0) is 0 Å². The molecule has 0 atom stereocenters. The summed E-state index contributed by atoms with van der Waals surface area (Å²) in [6.45, 7) is 7.60. The fourth-order valence-corrected chi connectivity index (χ4v) is 1.10. The first kappa shape index (κ1) is 8.91. The van der Waals surface area contributed by atoms with E-state index in [4.69, 9.17) is 0 Å². The Labute approximate surface area is 72.5 Å². The Kier molecular flexibility index (Phi) is 2.27. The third-order valence-corrected chi connectivity index (χ3v) is 1.85. The molecular weight excluding hydrogens is 152 g/mol. The van der Waals surface area contributed by atoms with E-state index in [-0.39, 0.29) is 17.4 Å². The lowest BCUT2D eigenvalue weighted by Gasteiger charge is -2.09. The lowest BCUT2D eigenvalue weighted by Crippen LogP contribution is -1.89. The van der Waals surface area contributed by atoms with Crippen LogP contribution in [0.2, 0.25) is 0 Å². The summed E-state index contributed by atoms with van der Waals surface area (Å²) in [5, 5.41) is 18.6. The normalized spacial score (nSPS) is 10.7. The van der Waals surface area contributed by atoms with Gasteiger partial charge in [-0.15, -0.1) is 0 Å². The lowest BCUT2D eigenvalue weighted by atomic mass is 9.99. The zero-order valence-corrected chi connectivity index (χ0v) is 7.33. The Morgan fingerprint density at radius 1 is 1.17 bits per heavy atom. The first-order chi connectivity index (χ1) is 5.52. The molecule has 65 valence electrons. The Balaban J connectivity index is 3.23. The molecule has 0 aromatic heterocycles. The molecule has 0 saturated carbocycles. The van der Waals surface area contributed by atoms with Crippen molar-refractivity contribution in [2.24, 2.45) is 0 Å². The Bertz CT molecular complexity index is 290. The molecule has 1 radical (unpaired) electrons. The summed E-state index contributed by atoms with van der Waals surface area (Å²) in [7, 11) is 0. The molecule has 0 spiro atoms. The van der Waals surface area contributed by atoms with Gasteiger partial charge >= 0.3 is 0 Å². The molecule has 2 N–H and O–H groups in total. The van der Waals surface area contributed by atoms with E-state index in [2.05, 4.69) is 6.92 Å². The van der Waals surface area contributed by atoms with Crippen molar-refractivity contribution in [1.29, 1.82) is 0 Å². The summed E-state index contributed by atoms with van der Waals surface area (Å²) >= 11 is 0. The van der Waals surface area contributed by atoms with E-state index < -0.39 is 0 Å². The molecule has 1 aromatic rings. The minimum Gasteiger partial charge on any atom is -0.508 e. The maximum atomic E-state index is 9.40. The van der Waals surface area contributed by atoms with E-state index in [1.807, 2.05) is 13.8 Å². The van der Waals surface area contributed by atoms with Gasteiger partial charge in [0.2, 0.25) is 0 Å². The Morgan fingerprint density at radius 3 is 2.25 bits per heavy atom. The van der Waals surface area contributed by atoms with Crippen LogP contribution >= 0.6 is 0 Å². The summed E-state index contributed by atoms with van der Waals surface area (Å²) < 4.78 is 0. The van der Waals surface area contributed by atoms with Crippen molar-refractivity contribution in [3.63, 3.8) is 0 Å². The van der Waals surface area contributed by atoms with Crippen molar-refractivity contribution in [1.82, 2.24) is 0 Å². The summed E-state index contributed by atoms with van der Waals surface area (Å²) in [5.74, 6) is 0.415. The highest BCUT2D eigenvalue weighted by Gasteiger charge is 2.08. The first-order valence-corrected chi connectivity index (χ1v) is 3.90. The molecule has 0 aliphatic heterocycles. The van der Waals surface area contributed by atoms with Gasteiger partial charge in [0.05, 0.1) is 0 Å². The monoisotopic (exact) mass is 165 g/mol. The average molecular weight is 165 g/mol. The fourth-order valence-electron chi connectivity index (χ4n) is 1.10. The van der Waals surface area contributed by atoms with E-state index in [0.29, 0.717) is 5.56 Å². The minimum absolute atomic E-state index is 0.0388. The van der Waals surface area contributed by atoms with Crippen molar-refractivity contribution in [2.75, 3.05) is 0 Å². The van der Waals surface area contributed by atoms with Crippen molar-refractivity contribution in [3.8, 4) is 11.5 Å². The molecule has 0 unspecified atom stereocenters. The SMILES string of the molecule is [CH2]c1cc(C(C)C)c(O)cc1O. The summed E-state index contributed by atoms with van der Waals surface area (Å²) in [5.41, 5.74) is 1.37. The molecular formula is C10H13O2. The van der Waals surface area contributed by atoms with Gasteiger partial charge in [-0.25, -0.2) is 0 Å². The molecule has 2 nitrogen and oxygen atoms in total. The van der Waals surface area contributed by atoms with Crippen LogP contribution in [0.15, 0.2) is 12.1 Å². The highest BCUT2D eigenvalue weighted by molar-refractivity contribution is 5.47. The average Bonchev–Trinajstić information content (AvgIpc) is 1.96. The van der Waals surface area contributed by atoms with E-state index in [0.717, 1.165) is 5.56 Å². The van der Waals surface area contributed by atoms with Gasteiger partial charge < -0.3 is 10.2 Å². The van der Waals surface area contributed by atoms with Crippen LogP contribution in [0.3, 0.4) is 0 Å². The number of hydrogen-bond donors (Lipinski definition) is 2. The third-order valence-electron chi connectivity index (χ3n) is 1.85. The molecule has 0 saturated heterocycles. The van der Waals surface area contributed by atoms with Gasteiger partial charge in [0.25, 0.3) is 0 Å². The Hall–Kier alpha value is -1.18. The maximum Gasteiger partial charge on any atom is 0.122 e. The quantitative estimate of drug-likeness (QED) is 0.670. The molecule has 1 aromatic carbocycles. The van der Waals surface area contributed by atoms with Gasteiger partial charge in [-0.1, -0.05) is 13.8 Å². The van der Waals surface area contributed by atoms with Crippen molar-refractivity contribution < 1.29 is 10.2 Å². The van der Waals surface area contributed by atoms with Crippen LogP contribution in [-0.4, -0.2) is 10.2 Å². The second-order valence-corrected chi connectivity index (χ2v) is 3.19. The molecule has 0 fully saturated rings. The van der Waals surface area contributed by atoms with Gasteiger partial charge in [-0.3, -0.25) is 0 Å². The number of phenols is 2. The summed E-state index contributed by atoms with van der Waals surface area (Å²) in [4.78, 5) is 0. The fraction of sp³-hybridized carbons (Fsp3) is 0.300. The molecule has 0 amide bonds. The van der Waals surface area contributed by atoms with Crippen molar-refractivity contribution >= 4 is 0 Å². The highest BCUT2D eigenvalue weighted by Crippen LogP contribution is 2.31. The van der Waals surface area contributed by atoms with E-state index in [1.165, 1.54) is 6.07 Å². The number of aromatic hydroxyl groups is 2. The van der Waals surface area contributed by atoms with Crippen LogP contribution in [0.5, 0.6) is 11.5 Å². The Morgan fingerprint density at radius 2 is 1.75 bits per heavy atom. The van der Waals surface area contributed by atoms with Crippen molar-refractivity contribution in [3.05, 3.63) is 30.2 Å². The second kappa shape index (κ2) is 3.05. The number of hydrogen-bond acceptors (Lipinski definition) is 2. The molecule has 0 aliphatic rings. The van der Waals surface area contributed by atoms with Gasteiger partial charge in [0, 0.05) is 6.07 Å². The predicted molar refractivity (Wildman–Crippen MR) is 48.3 cm³/mol. The minimum atomic E-state index is 0.0388. The number of benzene rings is 1. The van der Waals surface area contributed by atoms with E-state index in [9.17, 15) is 10.2 Å². The zero-order chi connectivity index (χ0) is 9.30. The van der Waals surface area contributed by atoms with E-state index >= 15 is 0 Å². The second-order valence-electron chi connectivity index (χ2n) is 3.19. The van der Waals surface area contributed by atoms with Crippen LogP contribution in [0.25, 0.3) is 0 Å². The van der Waals surface area contributed by atoms with Crippen LogP contribution in [0.1, 0.15) is 30.9 Å². The van der Waals surface area contributed by atoms with Gasteiger partial charge in [-0.2, -0.15) is 0 Å². The van der Waals surface area contributed by atoms with Crippen LogP contribution < -0.4 is 0 Å². The first-order valence-electron chi connectivity index (χ1n) is 3.90. The van der Waals surface area contributed by atoms with Gasteiger partial charge in [-0.05, 0) is 30.0 Å². The van der Waals surface area contributed by atoms with Crippen molar-refractivity contribution in [2.45, 2.75) is 19.8 Å². The number of rotatable bonds is 1. The number of phenolic OH excluding ortho intramolecular Hbond substituents is 2. The maximum absolute atomic E-state index is 9.40. The molecule has 0 heterocycles. The van der Waals surface area contributed by atoms with E-state index in [1.54, 1.807) is 6.07 Å². The van der Waals surface area contributed by atoms with Crippen LogP contribution in [0, 0.1) is 6.92 Å². The van der Waals surface area contributed by atoms with Crippen LogP contribution in [0.4, 0.5) is 0 Å². The molecule has 12 heavy (non-hydrogen) atoms. The predicted octanol–water partition coefficient (Wildman–Crippen LogP) is 2.40. The highest BCUT2D eigenvalue weighted by atomic mass is 16.3. The summed E-state index contributed by atoms with van der Waals surface area (Å²) in [6, 6.07) is 3.03. The molecule has 2 heteroatoms. The van der Waals surface area contributed by atoms with Gasteiger partial charge in [0.15, 0.2) is 0 Å². The van der Waals surface area contributed by atoms with Gasteiger partial charge in [0.1, 0.15) is 11.5 Å². The zero-order valence-electron chi connectivity index (χ0n) is 7.33.